The Labute approximate surface area is 112 Å². The van der Waals surface area contributed by atoms with Crippen molar-refractivity contribution >= 4 is 5.91 Å². The third-order valence-electron chi connectivity index (χ3n) is 3.99. The van der Waals surface area contributed by atoms with E-state index in [0.29, 0.717) is 17.7 Å². The molecule has 1 saturated heterocycles. The maximum absolute atomic E-state index is 12.6. The lowest BCUT2D eigenvalue weighted by molar-refractivity contribution is -0.143. The van der Waals surface area contributed by atoms with Gasteiger partial charge in [-0.25, -0.2) is 0 Å². The standard InChI is InChI=1S/C15H30N2O/c1-11(2)9-15(4,5)14(18)17-8-6-7-13(10-17)12(3)16/h11-13H,6-10,16H2,1-5H3. The zero-order valence-electron chi connectivity index (χ0n) is 12.7. The highest BCUT2D eigenvalue weighted by Gasteiger charge is 2.35. The van der Waals surface area contributed by atoms with Gasteiger partial charge in [0.1, 0.15) is 0 Å². The quantitative estimate of drug-likeness (QED) is 0.838. The monoisotopic (exact) mass is 254 g/mol. The predicted molar refractivity (Wildman–Crippen MR) is 76.2 cm³/mol. The van der Waals surface area contributed by atoms with Crippen molar-refractivity contribution in [1.82, 2.24) is 4.90 Å². The Hall–Kier alpha value is -0.570. The number of nitrogens with two attached hydrogens (primary N) is 1. The number of amides is 1. The van der Waals surface area contributed by atoms with Gasteiger partial charge in [0.05, 0.1) is 0 Å². The van der Waals surface area contributed by atoms with Crippen molar-refractivity contribution in [2.75, 3.05) is 13.1 Å². The van der Waals surface area contributed by atoms with Crippen LogP contribution in [0.2, 0.25) is 0 Å². The number of rotatable bonds is 4. The van der Waals surface area contributed by atoms with Gasteiger partial charge in [-0.3, -0.25) is 4.79 Å². The third kappa shape index (κ3) is 3.98. The molecule has 1 amide bonds. The van der Waals surface area contributed by atoms with Crippen LogP contribution in [0.5, 0.6) is 0 Å². The Bertz CT molecular complexity index is 284. The molecule has 2 N–H and O–H groups in total. The van der Waals surface area contributed by atoms with Gasteiger partial charge in [-0.1, -0.05) is 27.7 Å². The number of nitrogens with zero attached hydrogens (tertiary/aromatic N) is 1. The summed E-state index contributed by atoms with van der Waals surface area (Å²) in [4.78, 5) is 14.7. The van der Waals surface area contributed by atoms with E-state index in [2.05, 4.69) is 34.6 Å². The maximum Gasteiger partial charge on any atom is 0.228 e. The minimum atomic E-state index is -0.242. The molecule has 1 aliphatic heterocycles. The smallest absolute Gasteiger partial charge is 0.228 e. The molecule has 2 atom stereocenters. The molecule has 0 aliphatic carbocycles. The highest BCUT2D eigenvalue weighted by atomic mass is 16.2. The van der Waals surface area contributed by atoms with E-state index in [0.717, 1.165) is 32.4 Å². The van der Waals surface area contributed by atoms with Crippen molar-refractivity contribution in [2.24, 2.45) is 23.0 Å². The number of likely N-dealkylation sites (tertiary alicyclic amines) is 1. The first-order chi connectivity index (χ1) is 8.24. The summed E-state index contributed by atoms with van der Waals surface area (Å²) in [7, 11) is 0. The summed E-state index contributed by atoms with van der Waals surface area (Å²) >= 11 is 0. The Balaban J connectivity index is 2.65. The van der Waals surface area contributed by atoms with Gasteiger partial charge in [0.2, 0.25) is 5.91 Å². The molecular weight excluding hydrogens is 224 g/mol. The molecular formula is C15H30N2O. The molecule has 1 fully saturated rings. The SMILES string of the molecule is CC(C)CC(C)(C)C(=O)N1CCCC(C(C)N)C1. The van der Waals surface area contributed by atoms with Gasteiger partial charge in [0.15, 0.2) is 0 Å². The first-order valence-electron chi connectivity index (χ1n) is 7.29. The van der Waals surface area contributed by atoms with Crippen LogP contribution < -0.4 is 5.73 Å². The summed E-state index contributed by atoms with van der Waals surface area (Å²) in [5.74, 6) is 1.33. The number of hydrogen-bond acceptors (Lipinski definition) is 2. The zero-order valence-corrected chi connectivity index (χ0v) is 12.7. The lowest BCUT2D eigenvalue weighted by atomic mass is 9.81. The van der Waals surface area contributed by atoms with E-state index in [1.165, 1.54) is 0 Å². The van der Waals surface area contributed by atoms with Crippen molar-refractivity contribution in [2.45, 2.75) is 59.9 Å². The second-order valence-electron chi connectivity index (χ2n) is 6.99. The summed E-state index contributed by atoms with van der Waals surface area (Å²) in [6.45, 7) is 12.3. The number of carbonyl (C=O) groups excluding carboxylic acids is 1. The van der Waals surface area contributed by atoms with Crippen molar-refractivity contribution in [1.29, 1.82) is 0 Å². The van der Waals surface area contributed by atoms with E-state index >= 15 is 0 Å². The van der Waals surface area contributed by atoms with E-state index in [1.54, 1.807) is 0 Å². The Kier molecular flexibility index (Phi) is 5.20. The molecule has 106 valence electrons. The van der Waals surface area contributed by atoms with Gasteiger partial charge in [-0.05, 0) is 38.0 Å². The minimum Gasteiger partial charge on any atom is -0.342 e. The fourth-order valence-electron chi connectivity index (χ4n) is 3.16. The highest BCUT2D eigenvalue weighted by molar-refractivity contribution is 5.82. The van der Waals surface area contributed by atoms with Gasteiger partial charge < -0.3 is 10.6 Å². The lowest BCUT2D eigenvalue weighted by Gasteiger charge is -2.39. The molecule has 1 heterocycles. The van der Waals surface area contributed by atoms with E-state index in [4.69, 9.17) is 5.73 Å². The van der Waals surface area contributed by atoms with E-state index in [1.807, 2.05) is 4.90 Å². The van der Waals surface area contributed by atoms with Crippen LogP contribution in [0.3, 0.4) is 0 Å². The van der Waals surface area contributed by atoms with Crippen molar-refractivity contribution < 1.29 is 4.79 Å². The Morgan fingerprint density at radius 3 is 2.50 bits per heavy atom. The van der Waals surface area contributed by atoms with E-state index in [9.17, 15) is 4.79 Å². The van der Waals surface area contributed by atoms with Crippen molar-refractivity contribution in [3.63, 3.8) is 0 Å². The topological polar surface area (TPSA) is 46.3 Å². The van der Waals surface area contributed by atoms with E-state index in [-0.39, 0.29) is 11.5 Å². The normalized spacial score (nSPS) is 23.3. The fraction of sp³-hybridized carbons (Fsp3) is 0.933. The average Bonchev–Trinajstić information content (AvgIpc) is 2.26. The van der Waals surface area contributed by atoms with Crippen LogP contribution in [0, 0.1) is 17.3 Å². The molecule has 2 unspecified atom stereocenters. The predicted octanol–water partition coefficient (Wildman–Crippen LogP) is 2.64. The molecule has 3 heteroatoms. The van der Waals surface area contributed by atoms with Gasteiger partial charge >= 0.3 is 0 Å². The van der Waals surface area contributed by atoms with Crippen LogP contribution in [-0.2, 0) is 4.79 Å². The largest absolute Gasteiger partial charge is 0.342 e. The van der Waals surface area contributed by atoms with Gasteiger partial charge in [-0.2, -0.15) is 0 Å². The Morgan fingerprint density at radius 2 is 2.00 bits per heavy atom. The third-order valence-corrected chi connectivity index (χ3v) is 3.99. The fourth-order valence-corrected chi connectivity index (χ4v) is 3.16. The van der Waals surface area contributed by atoms with Crippen LogP contribution in [0.4, 0.5) is 0 Å². The molecule has 0 radical (unpaired) electrons. The molecule has 0 saturated carbocycles. The van der Waals surface area contributed by atoms with Crippen LogP contribution in [0.15, 0.2) is 0 Å². The Morgan fingerprint density at radius 1 is 1.39 bits per heavy atom. The maximum atomic E-state index is 12.6. The van der Waals surface area contributed by atoms with Gasteiger partial charge in [0.25, 0.3) is 0 Å². The summed E-state index contributed by atoms with van der Waals surface area (Å²) in [6.07, 6.45) is 3.20. The van der Waals surface area contributed by atoms with Crippen LogP contribution >= 0.6 is 0 Å². The van der Waals surface area contributed by atoms with Crippen molar-refractivity contribution in [3.8, 4) is 0 Å². The van der Waals surface area contributed by atoms with E-state index < -0.39 is 0 Å². The summed E-state index contributed by atoms with van der Waals surface area (Å²) in [5, 5.41) is 0. The summed E-state index contributed by atoms with van der Waals surface area (Å²) in [5.41, 5.74) is 5.74. The second kappa shape index (κ2) is 6.05. The molecule has 1 aliphatic rings. The van der Waals surface area contributed by atoms with Crippen LogP contribution in [0.1, 0.15) is 53.9 Å². The molecule has 0 spiro atoms. The molecule has 0 aromatic heterocycles. The molecule has 0 bridgehead atoms. The molecule has 0 aromatic carbocycles. The number of piperidine rings is 1. The molecule has 18 heavy (non-hydrogen) atoms. The van der Waals surface area contributed by atoms with Crippen LogP contribution in [-0.4, -0.2) is 29.9 Å². The first kappa shape index (κ1) is 15.5. The molecule has 1 rings (SSSR count). The average molecular weight is 254 g/mol. The zero-order chi connectivity index (χ0) is 13.9. The first-order valence-corrected chi connectivity index (χ1v) is 7.29. The van der Waals surface area contributed by atoms with Gasteiger partial charge in [0, 0.05) is 24.5 Å². The van der Waals surface area contributed by atoms with Gasteiger partial charge in [-0.15, -0.1) is 0 Å². The second-order valence-corrected chi connectivity index (χ2v) is 6.99. The number of hydrogen-bond donors (Lipinski definition) is 1. The summed E-state index contributed by atoms with van der Waals surface area (Å²) < 4.78 is 0. The van der Waals surface area contributed by atoms with Crippen molar-refractivity contribution in [3.05, 3.63) is 0 Å². The van der Waals surface area contributed by atoms with Crippen LogP contribution in [0.25, 0.3) is 0 Å². The molecule has 3 nitrogen and oxygen atoms in total. The highest BCUT2D eigenvalue weighted by Crippen LogP contribution is 2.30. The molecule has 0 aromatic rings. The minimum absolute atomic E-state index is 0.189. The lowest BCUT2D eigenvalue weighted by Crippen LogP contribution is -2.49. The summed E-state index contributed by atoms with van der Waals surface area (Å²) in [6, 6.07) is 0.189. The number of carbonyl (C=O) groups is 1.